The molecule has 19 heavy (non-hydrogen) atoms. The lowest BCUT2D eigenvalue weighted by atomic mass is 9.95. The molecule has 0 amide bonds. The van der Waals surface area contributed by atoms with Crippen molar-refractivity contribution in [3.63, 3.8) is 0 Å². The zero-order chi connectivity index (χ0) is 13.0. The van der Waals surface area contributed by atoms with Gasteiger partial charge in [-0.05, 0) is 55.0 Å². The summed E-state index contributed by atoms with van der Waals surface area (Å²) in [5, 5.41) is 4.50. The fraction of sp³-hybridized carbons (Fsp3) is 0.375. The molecule has 2 atom stereocenters. The highest BCUT2D eigenvalue weighted by atomic mass is 35.5. The first-order valence-electron chi connectivity index (χ1n) is 6.82. The first-order chi connectivity index (χ1) is 9.22. The maximum Gasteiger partial charge on any atom is 0.0420 e. The zero-order valence-electron chi connectivity index (χ0n) is 10.9. The number of hydrogen-bond acceptors (Lipinski definition) is 2. The molecule has 0 spiro atoms. The molecule has 1 fully saturated rings. The maximum atomic E-state index is 6.07. The van der Waals surface area contributed by atoms with Gasteiger partial charge in [-0.1, -0.05) is 23.7 Å². The molecule has 4 rings (SSSR count). The normalized spacial score (nSPS) is 26.9. The Balaban J connectivity index is 1.81. The summed E-state index contributed by atoms with van der Waals surface area (Å²) in [5.41, 5.74) is 2.97. The van der Waals surface area contributed by atoms with Crippen molar-refractivity contribution in [1.29, 1.82) is 0 Å². The van der Waals surface area contributed by atoms with Crippen LogP contribution in [0.25, 0.3) is 15.7 Å². The Morgan fingerprint density at radius 1 is 1.32 bits per heavy atom. The van der Waals surface area contributed by atoms with Crippen molar-refractivity contribution in [2.45, 2.75) is 31.3 Å². The molecule has 1 aromatic carbocycles. The molecule has 2 bridgehead atoms. The van der Waals surface area contributed by atoms with E-state index in [1.54, 1.807) is 16.9 Å². The van der Waals surface area contributed by atoms with E-state index in [2.05, 4.69) is 35.5 Å². The summed E-state index contributed by atoms with van der Waals surface area (Å²) in [6.45, 7) is 0. The van der Waals surface area contributed by atoms with Gasteiger partial charge in [-0.15, -0.1) is 11.3 Å². The molecule has 0 saturated carbocycles. The smallest absolute Gasteiger partial charge is 0.0420 e. The number of fused-ring (bicyclic) bond motifs is 3. The molecule has 2 aliphatic rings. The first kappa shape index (κ1) is 12.0. The Bertz CT molecular complexity index is 672. The number of halogens is 1. The highest BCUT2D eigenvalue weighted by Gasteiger charge is 2.34. The van der Waals surface area contributed by atoms with E-state index >= 15 is 0 Å². The summed E-state index contributed by atoms with van der Waals surface area (Å²) in [4.78, 5) is 2.54. The molecule has 98 valence electrons. The van der Waals surface area contributed by atoms with Gasteiger partial charge < -0.3 is 0 Å². The summed E-state index contributed by atoms with van der Waals surface area (Å²) in [6, 6.07) is 7.65. The summed E-state index contributed by atoms with van der Waals surface area (Å²) in [7, 11) is 2.26. The second-order valence-corrected chi connectivity index (χ2v) is 7.00. The van der Waals surface area contributed by atoms with Crippen LogP contribution >= 0.6 is 22.9 Å². The first-order valence-corrected chi connectivity index (χ1v) is 8.08. The molecule has 0 aliphatic carbocycles. The van der Waals surface area contributed by atoms with Crippen LogP contribution in [0.4, 0.5) is 0 Å². The van der Waals surface area contributed by atoms with Crippen LogP contribution in [0.5, 0.6) is 0 Å². The Hall–Kier alpha value is -0.830. The van der Waals surface area contributed by atoms with E-state index in [1.807, 2.05) is 6.07 Å². The molecular weight excluding hydrogens is 274 g/mol. The van der Waals surface area contributed by atoms with Gasteiger partial charge in [0.1, 0.15) is 0 Å². The summed E-state index contributed by atoms with van der Waals surface area (Å²) in [5.74, 6) is 0. The number of likely N-dealkylation sites (N-methyl/N-ethyl adjacent to an activating group) is 1. The largest absolute Gasteiger partial charge is 0.297 e. The lowest BCUT2D eigenvalue weighted by Crippen LogP contribution is -2.34. The number of rotatable bonds is 1. The maximum absolute atomic E-state index is 6.07. The quantitative estimate of drug-likeness (QED) is 0.728. The van der Waals surface area contributed by atoms with Gasteiger partial charge in [0.25, 0.3) is 0 Å². The van der Waals surface area contributed by atoms with Gasteiger partial charge in [-0.25, -0.2) is 0 Å². The van der Waals surface area contributed by atoms with E-state index in [1.165, 1.54) is 34.9 Å². The van der Waals surface area contributed by atoms with E-state index in [0.717, 1.165) is 11.1 Å². The van der Waals surface area contributed by atoms with Crippen molar-refractivity contribution < 1.29 is 0 Å². The van der Waals surface area contributed by atoms with Gasteiger partial charge >= 0.3 is 0 Å². The molecule has 0 N–H and O–H groups in total. The Kier molecular flexibility index (Phi) is 2.73. The van der Waals surface area contributed by atoms with Crippen molar-refractivity contribution in [2.75, 3.05) is 7.05 Å². The Morgan fingerprint density at radius 3 is 3.05 bits per heavy atom. The van der Waals surface area contributed by atoms with Gasteiger partial charge in [0, 0.05) is 27.2 Å². The molecule has 1 nitrogen and oxygen atoms in total. The highest BCUT2D eigenvalue weighted by molar-refractivity contribution is 7.17. The predicted octanol–water partition coefficient (Wildman–Crippen LogP) is 4.80. The van der Waals surface area contributed by atoms with Gasteiger partial charge in [0.05, 0.1) is 0 Å². The number of benzene rings is 1. The van der Waals surface area contributed by atoms with Crippen molar-refractivity contribution >= 4 is 38.6 Å². The molecule has 0 radical (unpaired) electrons. The molecule has 2 unspecified atom stereocenters. The zero-order valence-corrected chi connectivity index (χ0v) is 12.5. The lowest BCUT2D eigenvalue weighted by Gasteiger charge is -2.30. The molecule has 2 aromatic rings. The minimum Gasteiger partial charge on any atom is -0.297 e. The van der Waals surface area contributed by atoms with Crippen LogP contribution in [0.3, 0.4) is 0 Å². The van der Waals surface area contributed by atoms with Crippen LogP contribution in [0, 0.1) is 0 Å². The van der Waals surface area contributed by atoms with Gasteiger partial charge in [-0.3, -0.25) is 4.90 Å². The van der Waals surface area contributed by atoms with E-state index in [-0.39, 0.29) is 0 Å². The number of thiophene rings is 1. The monoisotopic (exact) mass is 289 g/mol. The molecule has 3 heterocycles. The third-order valence-electron chi connectivity index (χ3n) is 4.63. The minimum atomic E-state index is 0.649. The third-order valence-corrected chi connectivity index (χ3v) is 5.81. The molecular formula is C16H16ClNS. The third kappa shape index (κ3) is 1.85. The SMILES string of the molecule is CN1C2C=C(c3csc4cc(Cl)ccc34)CC1CC2. The summed E-state index contributed by atoms with van der Waals surface area (Å²) < 4.78 is 1.30. The Morgan fingerprint density at radius 2 is 2.21 bits per heavy atom. The molecule has 3 heteroatoms. The number of hydrogen-bond donors (Lipinski definition) is 0. The van der Waals surface area contributed by atoms with E-state index in [4.69, 9.17) is 11.6 Å². The topological polar surface area (TPSA) is 3.24 Å². The van der Waals surface area contributed by atoms with Crippen LogP contribution in [0.2, 0.25) is 5.02 Å². The van der Waals surface area contributed by atoms with E-state index < -0.39 is 0 Å². The van der Waals surface area contributed by atoms with Gasteiger partial charge in [-0.2, -0.15) is 0 Å². The van der Waals surface area contributed by atoms with Crippen LogP contribution in [0.1, 0.15) is 24.8 Å². The van der Waals surface area contributed by atoms with Gasteiger partial charge in [0.2, 0.25) is 0 Å². The average molecular weight is 290 g/mol. The second kappa shape index (κ2) is 4.34. The van der Waals surface area contributed by atoms with Crippen LogP contribution in [0.15, 0.2) is 29.7 Å². The standard InChI is InChI=1S/C16H16ClNS/c1-18-12-3-4-13(18)7-10(6-12)15-9-19-16-8-11(17)2-5-14(15)16/h2,5-6,8-9,12-13H,3-4,7H2,1H3. The van der Waals surface area contributed by atoms with Crippen molar-refractivity contribution in [3.05, 3.63) is 40.2 Å². The highest BCUT2D eigenvalue weighted by Crippen LogP contribution is 2.41. The predicted molar refractivity (Wildman–Crippen MR) is 84.0 cm³/mol. The summed E-state index contributed by atoms with van der Waals surface area (Å²) in [6.07, 6.45) is 6.34. The van der Waals surface area contributed by atoms with E-state index in [9.17, 15) is 0 Å². The molecule has 1 aromatic heterocycles. The average Bonchev–Trinajstić information content (AvgIpc) is 2.87. The lowest BCUT2D eigenvalue weighted by molar-refractivity contribution is 0.264. The van der Waals surface area contributed by atoms with Crippen LogP contribution in [-0.4, -0.2) is 24.0 Å². The minimum absolute atomic E-state index is 0.649. The van der Waals surface area contributed by atoms with Gasteiger partial charge in [0.15, 0.2) is 0 Å². The number of nitrogens with zero attached hydrogens (tertiary/aromatic N) is 1. The fourth-order valence-electron chi connectivity index (χ4n) is 3.49. The second-order valence-electron chi connectivity index (χ2n) is 5.65. The molecule has 2 aliphatic heterocycles. The van der Waals surface area contributed by atoms with E-state index in [0.29, 0.717) is 6.04 Å². The Labute approximate surface area is 122 Å². The van der Waals surface area contributed by atoms with Crippen molar-refractivity contribution in [1.82, 2.24) is 4.90 Å². The molecule has 1 saturated heterocycles. The van der Waals surface area contributed by atoms with Crippen LogP contribution < -0.4 is 0 Å². The van der Waals surface area contributed by atoms with Crippen LogP contribution in [-0.2, 0) is 0 Å². The van der Waals surface area contributed by atoms with Crippen molar-refractivity contribution in [2.24, 2.45) is 0 Å². The fourth-order valence-corrected chi connectivity index (χ4v) is 4.75. The van der Waals surface area contributed by atoms with Crippen molar-refractivity contribution in [3.8, 4) is 0 Å². The summed E-state index contributed by atoms with van der Waals surface area (Å²) >= 11 is 7.88.